The molecule has 1 saturated heterocycles. The Labute approximate surface area is 207 Å². The van der Waals surface area contributed by atoms with Gasteiger partial charge in [0, 0.05) is 36.1 Å². The van der Waals surface area contributed by atoms with Crippen LogP contribution >= 0.6 is 23.5 Å². The van der Waals surface area contributed by atoms with Crippen molar-refractivity contribution in [1.82, 2.24) is 14.1 Å². The van der Waals surface area contributed by atoms with Crippen LogP contribution in [0, 0.1) is 5.82 Å². The molecular weight excluding hydrogens is 475 g/mol. The molecule has 0 radical (unpaired) electrons. The van der Waals surface area contributed by atoms with Gasteiger partial charge in [-0.25, -0.2) is 8.70 Å². The summed E-state index contributed by atoms with van der Waals surface area (Å²) in [4.78, 5) is 16.6. The Kier molecular flexibility index (Phi) is 7.08. The summed E-state index contributed by atoms with van der Waals surface area (Å²) in [6.45, 7) is 2.96. The van der Waals surface area contributed by atoms with Crippen LogP contribution in [0.5, 0.6) is 5.75 Å². The lowest BCUT2D eigenvalue weighted by molar-refractivity contribution is 0.205. The third kappa shape index (κ3) is 5.24. The van der Waals surface area contributed by atoms with E-state index in [-0.39, 0.29) is 17.5 Å². The first kappa shape index (κ1) is 23.2. The lowest BCUT2D eigenvalue weighted by Crippen LogP contribution is -2.44. The maximum absolute atomic E-state index is 13.5. The maximum atomic E-state index is 13.5. The maximum Gasteiger partial charge on any atom is 0.316 e. The van der Waals surface area contributed by atoms with Crippen LogP contribution in [0.2, 0.25) is 5.02 Å². The zero-order valence-electron chi connectivity index (χ0n) is 18.7. The van der Waals surface area contributed by atoms with Gasteiger partial charge in [0.25, 0.3) is 0 Å². The first-order chi connectivity index (χ1) is 16.6. The summed E-state index contributed by atoms with van der Waals surface area (Å²) >= 11 is 7.70. The Morgan fingerprint density at radius 2 is 1.79 bits per heavy atom. The number of hydrogen-bond donors (Lipinski definition) is 0. The van der Waals surface area contributed by atoms with Crippen molar-refractivity contribution in [2.45, 2.75) is 36.7 Å². The van der Waals surface area contributed by atoms with E-state index < -0.39 is 0 Å². The van der Waals surface area contributed by atoms with Crippen LogP contribution < -0.4 is 15.2 Å². The average molecular weight is 501 g/mol. The molecule has 1 aliphatic carbocycles. The molecule has 9 heteroatoms. The van der Waals surface area contributed by atoms with Gasteiger partial charge in [0.05, 0.1) is 18.0 Å². The van der Waals surface area contributed by atoms with Gasteiger partial charge in [0.15, 0.2) is 0 Å². The summed E-state index contributed by atoms with van der Waals surface area (Å²) in [6.07, 6.45) is 5.91. The van der Waals surface area contributed by atoms with E-state index in [2.05, 4.69) is 14.3 Å². The molecule has 2 aromatic carbocycles. The molecule has 5 rings (SSSR count). The molecule has 1 aromatic heterocycles. The number of nitrogens with zero attached hydrogens (tertiary/aromatic N) is 4. The van der Waals surface area contributed by atoms with Crippen molar-refractivity contribution in [3.8, 4) is 11.4 Å². The normalized spacial score (nSPS) is 17.3. The predicted octanol–water partition coefficient (Wildman–Crippen LogP) is 5.18. The number of piperazine rings is 1. The van der Waals surface area contributed by atoms with E-state index in [1.807, 2.05) is 12.1 Å². The van der Waals surface area contributed by atoms with E-state index in [1.54, 1.807) is 48.5 Å². The molecule has 1 saturated carbocycles. The number of aromatic nitrogens is 2. The van der Waals surface area contributed by atoms with Crippen molar-refractivity contribution in [3.05, 3.63) is 75.9 Å². The Hall–Kier alpha value is -2.55. The molecule has 0 amide bonds. The van der Waals surface area contributed by atoms with Gasteiger partial charge in [-0.05, 0) is 74.0 Å². The van der Waals surface area contributed by atoms with Crippen molar-refractivity contribution < 1.29 is 9.13 Å². The predicted molar refractivity (Wildman–Crippen MR) is 134 cm³/mol. The summed E-state index contributed by atoms with van der Waals surface area (Å²) in [5.74, 6) is 0.122. The summed E-state index contributed by atoms with van der Waals surface area (Å²) in [5, 5.41) is 5.00. The number of benzene rings is 2. The third-order valence-corrected chi connectivity index (χ3v) is 7.49. The number of halogens is 2. The lowest BCUT2D eigenvalue weighted by atomic mass is 10.2. The topological polar surface area (TPSA) is 50.6 Å². The minimum absolute atomic E-state index is 0.0477. The number of rotatable bonds is 6. The largest absolute Gasteiger partial charge is 0.483 e. The van der Waals surface area contributed by atoms with Crippen molar-refractivity contribution in [2.24, 2.45) is 0 Å². The fourth-order valence-corrected chi connectivity index (χ4v) is 5.56. The van der Waals surface area contributed by atoms with Crippen LogP contribution in [0.1, 0.15) is 25.7 Å². The molecule has 2 heterocycles. The molecular formula is C25H26ClFN4O2S. The van der Waals surface area contributed by atoms with Gasteiger partial charge in [-0.2, -0.15) is 9.78 Å². The van der Waals surface area contributed by atoms with E-state index >= 15 is 0 Å². The first-order valence-electron chi connectivity index (χ1n) is 11.6. The quantitative estimate of drug-likeness (QED) is 0.435. The molecule has 0 spiro atoms. The zero-order valence-corrected chi connectivity index (χ0v) is 20.3. The van der Waals surface area contributed by atoms with Gasteiger partial charge in [-0.15, -0.1) is 0 Å². The highest BCUT2D eigenvalue weighted by Gasteiger charge is 2.27. The van der Waals surface area contributed by atoms with Gasteiger partial charge < -0.3 is 9.64 Å². The zero-order chi connectivity index (χ0) is 23.5. The van der Waals surface area contributed by atoms with Crippen molar-refractivity contribution in [1.29, 1.82) is 0 Å². The number of anilines is 1. The Morgan fingerprint density at radius 3 is 2.53 bits per heavy atom. The smallest absolute Gasteiger partial charge is 0.316 e. The minimum Gasteiger partial charge on any atom is -0.483 e. The van der Waals surface area contributed by atoms with E-state index in [0.29, 0.717) is 29.5 Å². The van der Waals surface area contributed by atoms with Crippen LogP contribution in [-0.4, -0.2) is 46.4 Å². The monoisotopic (exact) mass is 500 g/mol. The highest BCUT2D eigenvalue weighted by atomic mass is 35.5. The van der Waals surface area contributed by atoms with Crippen LogP contribution in [0.15, 0.2) is 64.4 Å². The van der Waals surface area contributed by atoms with Crippen molar-refractivity contribution >= 4 is 29.2 Å². The Balaban J connectivity index is 1.38. The number of ether oxygens (including phenoxy) is 1. The molecule has 0 unspecified atom stereocenters. The van der Waals surface area contributed by atoms with Crippen LogP contribution in [-0.2, 0) is 0 Å². The fraction of sp³-hybridized carbons (Fsp3) is 0.360. The molecule has 34 heavy (non-hydrogen) atoms. The van der Waals surface area contributed by atoms with E-state index in [9.17, 15) is 9.18 Å². The second-order valence-electron chi connectivity index (χ2n) is 8.54. The molecule has 0 N–H and O–H groups in total. The molecule has 0 atom stereocenters. The SMILES string of the molecule is O=c1c(OC2CCCC2)c(N2CCN(Sc3cccc(F)c3)CC2)cnn1-c1cccc(Cl)c1. The first-order valence-corrected chi connectivity index (χ1v) is 12.7. The van der Waals surface area contributed by atoms with Crippen molar-refractivity contribution in [2.75, 3.05) is 31.1 Å². The lowest BCUT2D eigenvalue weighted by Gasteiger charge is -2.35. The summed E-state index contributed by atoms with van der Waals surface area (Å²) in [6, 6.07) is 13.7. The van der Waals surface area contributed by atoms with Crippen LogP contribution in [0.25, 0.3) is 5.69 Å². The summed E-state index contributed by atoms with van der Waals surface area (Å²) in [5.41, 5.74) is 1.06. The molecule has 1 aliphatic heterocycles. The van der Waals surface area contributed by atoms with Crippen LogP contribution in [0.3, 0.4) is 0 Å². The molecule has 0 bridgehead atoms. The molecule has 178 valence electrons. The van der Waals surface area contributed by atoms with Gasteiger partial charge >= 0.3 is 5.56 Å². The van der Waals surface area contributed by atoms with Crippen molar-refractivity contribution in [3.63, 3.8) is 0 Å². The van der Waals surface area contributed by atoms with Gasteiger partial charge in [-0.3, -0.25) is 4.79 Å². The van der Waals surface area contributed by atoms with Gasteiger partial charge in [0.2, 0.25) is 5.75 Å². The molecule has 3 aromatic rings. The standard InChI is InChI=1S/C25H26ClFN4O2S/c26-18-5-3-7-20(15-18)31-25(32)24(33-21-8-1-2-9-21)23(17-28-31)29-11-13-30(14-12-29)34-22-10-4-6-19(27)16-22/h3-7,10,15-17,21H,1-2,8-9,11-14H2. The molecule has 2 aliphatic rings. The van der Waals surface area contributed by atoms with E-state index in [0.717, 1.165) is 49.4 Å². The Morgan fingerprint density at radius 1 is 1.03 bits per heavy atom. The minimum atomic E-state index is -0.275. The second-order valence-corrected chi connectivity index (χ2v) is 10.2. The van der Waals surface area contributed by atoms with E-state index in [4.69, 9.17) is 16.3 Å². The second kappa shape index (κ2) is 10.4. The molecule has 6 nitrogen and oxygen atoms in total. The van der Waals surface area contributed by atoms with Crippen LogP contribution in [0.4, 0.5) is 10.1 Å². The highest BCUT2D eigenvalue weighted by molar-refractivity contribution is 7.97. The highest BCUT2D eigenvalue weighted by Crippen LogP contribution is 2.32. The van der Waals surface area contributed by atoms with Gasteiger partial charge in [-0.1, -0.05) is 23.7 Å². The van der Waals surface area contributed by atoms with Gasteiger partial charge in [0.1, 0.15) is 11.5 Å². The summed E-state index contributed by atoms with van der Waals surface area (Å²) < 4.78 is 23.4. The third-order valence-electron chi connectivity index (χ3n) is 6.16. The number of hydrogen-bond acceptors (Lipinski definition) is 6. The van der Waals surface area contributed by atoms with E-state index in [1.165, 1.54) is 10.7 Å². The fourth-order valence-electron chi connectivity index (χ4n) is 4.42. The Bertz CT molecular complexity index is 1210. The molecule has 2 fully saturated rings. The average Bonchev–Trinajstić information content (AvgIpc) is 3.34. The summed E-state index contributed by atoms with van der Waals surface area (Å²) in [7, 11) is 0.